The molecule has 4 aromatic carbocycles. The van der Waals surface area contributed by atoms with Crippen LogP contribution < -0.4 is 30.2 Å². The molecule has 272 valence electrons. The van der Waals surface area contributed by atoms with E-state index < -0.39 is 0 Å². The standard InChI is InChI=1S/C42H49N5O5/c1-6-18-42(2,3)30-25-29(17-20-47-21-23-51-24-22-47)40(50-5)37(26-30)46-41(48)45-36-14-15-38(35-13-8-7-12-34(35)36)52-33-16-19-43-39(28-33)44-31-10-9-11-32(27-31)49-4/h7-16,19,25-28H,6,17-18,20-24H2,1-5H3,(H,43,44)(H2,45,46,48). The van der Waals surface area contributed by atoms with Crippen molar-refractivity contribution in [2.24, 2.45) is 0 Å². The van der Waals surface area contributed by atoms with Crippen LogP contribution in [0.5, 0.6) is 23.0 Å². The van der Waals surface area contributed by atoms with Gasteiger partial charge in [0.1, 0.15) is 28.8 Å². The number of methoxy groups -OCH3 is 2. The van der Waals surface area contributed by atoms with Crippen molar-refractivity contribution in [3.05, 3.63) is 102 Å². The highest BCUT2D eigenvalue weighted by Crippen LogP contribution is 2.39. The minimum atomic E-state index is -0.357. The smallest absolute Gasteiger partial charge is 0.323 e. The number of hydrogen-bond donors (Lipinski definition) is 3. The van der Waals surface area contributed by atoms with E-state index in [0.29, 0.717) is 34.4 Å². The lowest BCUT2D eigenvalue weighted by Crippen LogP contribution is -2.37. The van der Waals surface area contributed by atoms with Crippen LogP contribution in [0, 0.1) is 0 Å². The number of morpholine rings is 1. The van der Waals surface area contributed by atoms with Crippen LogP contribution >= 0.6 is 0 Å². The molecule has 0 radical (unpaired) electrons. The zero-order chi connectivity index (χ0) is 36.5. The largest absolute Gasteiger partial charge is 0.497 e. The van der Waals surface area contributed by atoms with Gasteiger partial charge in [0.25, 0.3) is 0 Å². The number of benzene rings is 4. The van der Waals surface area contributed by atoms with Crippen LogP contribution in [0.25, 0.3) is 10.8 Å². The van der Waals surface area contributed by atoms with Crippen LogP contribution in [0.2, 0.25) is 0 Å². The second kappa shape index (κ2) is 16.8. The van der Waals surface area contributed by atoms with Gasteiger partial charge in [-0.05, 0) is 65.8 Å². The molecule has 0 spiro atoms. The van der Waals surface area contributed by atoms with E-state index in [1.54, 1.807) is 20.4 Å². The summed E-state index contributed by atoms with van der Waals surface area (Å²) in [6.07, 6.45) is 4.58. The third-order valence-corrected chi connectivity index (χ3v) is 9.51. The summed E-state index contributed by atoms with van der Waals surface area (Å²) in [5.41, 5.74) is 4.34. The van der Waals surface area contributed by atoms with Gasteiger partial charge in [-0.2, -0.15) is 0 Å². The lowest BCUT2D eigenvalue weighted by molar-refractivity contribution is 0.0384. The molecule has 1 aliphatic heterocycles. The lowest BCUT2D eigenvalue weighted by atomic mass is 9.79. The van der Waals surface area contributed by atoms with Gasteiger partial charge in [-0.1, -0.05) is 63.6 Å². The van der Waals surface area contributed by atoms with E-state index in [-0.39, 0.29) is 11.4 Å². The molecule has 1 fully saturated rings. The number of nitrogens with zero attached hydrogens (tertiary/aromatic N) is 2. The fraction of sp³-hybridized carbons (Fsp3) is 0.333. The number of carbonyl (C=O) groups is 1. The van der Waals surface area contributed by atoms with E-state index in [0.717, 1.165) is 79.9 Å². The van der Waals surface area contributed by atoms with Gasteiger partial charge in [0.05, 0.1) is 38.8 Å². The minimum Gasteiger partial charge on any atom is -0.497 e. The number of aromatic nitrogens is 1. The summed E-state index contributed by atoms with van der Waals surface area (Å²) in [6, 6.07) is 26.8. The van der Waals surface area contributed by atoms with Gasteiger partial charge in [0.15, 0.2) is 0 Å². The Morgan fingerprint density at radius 2 is 1.65 bits per heavy atom. The molecule has 10 heteroatoms. The molecule has 0 unspecified atom stereocenters. The molecule has 1 aromatic heterocycles. The fourth-order valence-corrected chi connectivity index (χ4v) is 6.74. The van der Waals surface area contributed by atoms with Gasteiger partial charge in [-0.3, -0.25) is 4.90 Å². The van der Waals surface area contributed by atoms with E-state index in [9.17, 15) is 4.79 Å². The number of anilines is 4. The maximum absolute atomic E-state index is 13.7. The van der Waals surface area contributed by atoms with Crippen LogP contribution in [0.4, 0.5) is 27.7 Å². The molecule has 52 heavy (non-hydrogen) atoms. The maximum atomic E-state index is 13.7. The number of hydrogen-bond acceptors (Lipinski definition) is 8. The Labute approximate surface area is 306 Å². The van der Waals surface area contributed by atoms with E-state index in [1.807, 2.05) is 72.8 Å². The zero-order valence-electron chi connectivity index (χ0n) is 30.8. The fourth-order valence-electron chi connectivity index (χ4n) is 6.74. The van der Waals surface area contributed by atoms with Crippen LogP contribution in [0.15, 0.2) is 91.1 Å². The SMILES string of the molecule is CCCC(C)(C)c1cc(CCN2CCOCC2)c(OC)c(NC(=O)Nc2ccc(Oc3ccnc(Nc4cccc(OC)c4)c3)c3ccccc23)c1. The van der Waals surface area contributed by atoms with Crippen LogP contribution in [-0.4, -0.2) is 63.0 Å². The van der Waals surface area contributed by atoms with Crippen LogP contribution in [-0.2, 0) is 16.6 Å². The van der Waals surface area contributed by atoms with Crippen molar-refractivity contribution in [2.45, 2.75) is 45.4 Å². The summed E-state index contributed by atoms with van der Waals surface area (Å²) in [5.74, 6) is 3.33. The molecule has 10 nitrogen and oxygen atoms in total. The van der Waals surface area contributed by atoms with Crippen molar-refractivity contribution in [3.63, 3.8) is 0 Å². The Hall–Kier alpha value is -5.32. The second-order valence-corrected chi connectivity index (χ2v) is 13.6. The Bertz CT molecular complexity index is 1990. The molecular weight excluding hydrogens is 654 g/mol. The molecular formula is C42H49N5O5. The van der Waals surface area contributed by atoms with Gasteiger partial charge in [0.2, 0.25) is 0 Å². The van der Waals surface area contributed by atoms with E-state index >= 15 is 0 Å². The number of amides is 2. The first-order chi connectivity index (χ1) is 25.3. The van der Waals surface area contributed by atoms with Gasteiger partial charge in [0, 0.05) is 54.4 Å². The summed E-state index contributed by atoms with van der Waals surface area (Å²) < 4.78 is 23.3. The first-order valence-electron chi connectivity index (χ1n) is 17.9. The molecule has 2 heterocycles. The zero-order valence-corrected chi connectivity index (χ0v) is 30.8. The molecule has 2 amide bonds. The molecule has 6 rings (SSSR count). The molecule has 1 saturated heterocycles. The van der Waals surface area contributed by atoms with Gasteiger partial charge in [-0.25, -0.2) is 9.78 Å². The number of fused-ring (bicyclic) bond motifs is 1. The monoisotopic (exact) mass is 703 g/mol. The average Bonchev–Trinajstić information content (AvgIpc) is 3.15. The van der Waals surface area contributed by atoms with Crippen molar-refractivity contribution in [3.8, 4) is 23.0 Å². The highest BCUT2D eigenvalue weighted by molar-refractivity contribution is 6.08. The number of urea groups is 1. The lowest BCUT2D eigenvalue weighted by Gasteiger charge is -2.29. The molecule has 3 N–H and O–H groups in total. The Morgan fingerprint density at radius 1 is 0.865 bits per heavy atom. The third-order valence-electron chi connectivity index (χ3n) is 9.51. The minimum absolute atomic E-state index is 0.0750. The third kappa shape index (κ3) is 8.93. The molecule has 0 bridgehead atoms. The van der Waals surface area contributed by atoms with Crippen molar-refractivity contribution in [2.75, 3.05) is 63.0 Å². The molecule has 5 aromatic rings. The van der Waals surface area contributed by atoms with E-state index in [1.165, 1.54) is 5.56 Å². The van der Waals surface area contributed by atoms with Crippen LogP contribution in [0.3, 0.4) is 0 Å². The van der Waals surface area contributed by atoms with E-state index in [2.05, 4.69) is 58.7 Å². The number of ether oxygens (including phenoxy) is 4. The summed E-state index contributed by atoms with van der Waals surface area (Å²) >= 11 is 0. The summed E-state index contributed by atoms with van der Waals surface area (Å²) in [4.78, 5) is 20.6. The summed E-state index contributed by atoms with van der Waals surface area (Å²) in [6.45, 7) is 10.9. The number of pyridine rings is 1. The Morgan fingerprint density at radius 3 is 2.42 bits per heavy atom. The van der Waals surface area contributed by atoms with Crippen LogP contribution in [0.1, 0.15) is 44.7 Å². The van der Waals surface area contributed by atoms with Gasteiger partial charge < -0.3 is 34.9 Å². The van der Waals surface area contributed by atoms with Crippen molar-refractivity contribution < 1.29 is 23.7 Å². The number of carbonyl (C=O) groups excluding carboxylic acids is 1. The summed E-state index contributed by atoms with van der Waals surface area (Å²) in [5, 5.41) is 11.2. The van der Waals surface area contributed by atoms with Crippen molar-refractivity contribution in [1.29, 1.82) is 0 Å². The molecule has 0 atom stereocenters. The number of nitrogens with one attached hydrogen (secondary N) is 3. The Kier molecular flexibility index (Phi) is 11.8. The molecule has 0 aliphatic carbocycles. The second-order valence-electron chi connectivity index (χ2n) is 13.6. The van der Waals surface area contributed by atoms with Gasteiger partial charge >= 0.3 is 6.03 Å². The first kappa shape index (κ1) is 36.5. The number of rotatable bonds is 14. The van der Waals surface area contributed by atoms with Crippen molar-refractivity contribution >= 4 is 39.7 Å². The maximum Gasteiger partial charge on any atom is 0.323 e. The average molecular weight is 704 g/mol. The quantitative estimate of drug-likeness (QED) is 0.105. The highest BCUT2D eigenvalue weighted by Gasteiger charge is 2.25. The predicted octanol–water partition coefficient (Wildman–Crippen LogP) is 9.38. The Balaban J connectivity index is 1.22. The highest BCUT2D eigenvalue weighted by atomic mass is 16.5. The topological polar surface area (TPSA) is 106 Å². The molecule has 1 aliphatic rings. The predicted molar refractivity (Wildman–Crippen MR) is 209 cm³/mol. The van der Waals surface area contributed by atoms with Crippen molar-refractivity contribution in [1.82, 2.24) is 9.88 Å². The normalized spacial score (nSPS) is 13.4. The molecule has 0 saturated carbocycles. The summed E-state index contributed by atoms with van der Waals surface area (Å²) in [7, 11) is 3.30. The van der Waals surface area contributed by atoms with Gasteiger partial charge in [-0.15, -0.1) is 0 Å². The first-order valence-corrected chi connectivity index (χ1v) is 17.9. The van der Waals surface area contributed by atoms with E-state index in [4.69, 9.17) is 18.9 Å².